The number of aromatic amines is 1. The van der Waals surface area contributed by atoms with Gasteiger partial charge in [0.25, 0.3) is 5.56 Å². The summed E-state index contributed by atoms with van der Waals surface area (Å²) in [6.07, 6.45) is 3.99. The second-order valence-corrected chi connectivity index (χ2v) is 11.3. The summed E-state index contributed by atoms with van der Waals surface area (Å²) in [5.74, 6) is 3.11. The zero-order valence-corrected chi connectivity index (χ0v) is 20.9. The second-order valence-electron chi connectivity index (χ2n) is 8.79. The normalized spacial score (nSPS) is 16.1. The Kier molecular flexibility index (Phi) is 6.05. The van der Waals surface area contributed by atoms with Crippen molar-refractivity contribution in [1.82, 2.24) is 24.7 Å². The highest BCUT2D eigenvalue weighted by Gasteiger charge is 2.25. The minimum Gasteiger partial charge on any atom is -0.467 e. The first-order chi connectivity index (χ1) is 15.9. The highest BCUT2D eigenvalue weighted by atomic mass is 32.2. The predicted octanol–water partition coefficient (Wildman–Crippen LogP) is 4.92. The zero-order valence-electron chi connectivity index (χ0n) is 19.3. The number of fused-ring (bicyclic) bond motifs is 1. The fraction of sp³-hybridized carbons (Fsp3) is 0.478. The molecule has 0 radical (unpaired) electrons. The summed E-state index contributed by atoms with van der Waals surface area (Å²) in [5, 5.41) is 10.5. The van der Waals surface area contributed by atoms with Crippen molar-refractivity contribution in [3.63, 3.8) is 0 Å². The van der Waals surface area contributed by atoms with E-state index < -0.39 is 0 Å². The van der Waals surface area contributed by atoms with Gasteiger partial charge in [-0.25, -0.2) is 4.98 Å². The molecule has 5 rings (SSSR count). The van der Waals surface area contributed by atoms with Crippen molar-refractivity contribution >= 4 is 39.3 Å². The molecular formula is C23H28N6O2S2. The molecule has 4 aromatic rings. The second kappa shape index (κ2) is 8.98. The minimum absolute atomic E-state index is 0.0792. The highest BCUT2D eigenvalue weighted by Crippen LogP contribution is 2.36. The van der Waals surface area contributed by atoms with Crippen LogP contribution in [0, 0.1) is 19.8 Å². The number of rotatable bonds is 6. The van der Waals surface area contributed by atoms with E-state index in [1.165, 1.54) is 0 Å². The Morgan fingerprint density at radius 2 is 2.09 bits per heavy atom. The van der Waals surface area contributed by atoms with Crippen molar-refractivity contribution in [2.24, 2.45) is 5.92 Å². The van der Waals surface area contributed by atoms with E-state index in [2.05, 4.69) is 31.6 Å². The molecule has 1 atom stereocenters. The number of thioether (sulfide) groups is 1. The van der Waals surface area contributed by atoms with Crippen LogP contribution in [0.15, 0.2) is 32.8 Å². The first kappa shape index (κ1) is 22.2. The van der Waals surface area contributed by atoms with Crippen molar-refractivity contribution in [1.29, 1.82) is 0 Å². The van der Waals surface area contributed by atoms with Gasteiger partial charge in [-0.15, -0.1) is 21.5 Å². The van der Waals surface area contributed by atoms with Gasteiger partial charge in [0.15, 0.2) is 5.16 Å². The Labute approximate surface area is 200 Å². The third-order valence-electron chi connectivity index (χ3n) is 6.38. The monoisotopic (exact) mass is 484 g/mol. The number of hydrogen-bond donors (Lipinski definition) is 1. The first-order valence-corrected chi connectivity index (χ1v) is 13.0. The lowest BCUT2D eigenvalue weighted by Gasteiger charge is -2.31. The molecule has 10 heteroatoms. The Morgan fingerprint density at radius 3 is 2.82 bits per heavy atom. The van der Waals surface area contributed by atoms with E-state index in [0.29, 0.717) is 17.8 Å². The number of piperidine rings is 1. The summed E-state index contributed by atoms with van der Waals surface area (Å²) in [7, 11) is 0. The first-order valence-electron chi connectivity index (χ1n) is 11.3. The van der Waals surface area contributed by atoms with E-state index in [-0.39, 0.29) is 10.8 Å². The molecule has 1 saturated heterocycles. The number of aryl methyl sites for hydroxylation is 2. The van der Waals surface area contributed by atoms with Crippen molar-refractivity contribution in [3.05, 3.63) is 50.8 Å². The van der Waals surface area contributed by atoms with E-state index in [9.17, 15) is 4.79 Å². The Bertz CT molecular complexity index is 1310. The van der Waals surface area contributed by atoms with Crippen LogP contribution in [0.5, 0.6) is 0 Å². The Balaban J connectivity index is 1.46. The molecule has 5 heterocycles. The number of furan rings is 1. The molecule has 33 heavy (non-hydrogen) atoms. The lowest BCUT2D eigenvalue weighted by molar-refractivity contribution is 0.427. The summed E-state index contributed by atoms with van der Waals surface area (Å²) >= 11 is 3.12. The molecule has 0 saturated carbocycles. The fourth-order valence-electron chi connectivity index (χ4n) is 4.19. The molecule has 0 spiro atoms. The van der Waals surface area contributed by atoms with Crippen LogP contribution in [0.4, 0.5) is 5.95 Å². The maximum absolute atomic E-state index is 12.8. The van der Waals surface area contributed by atoms with E-state index in [0.717, 1.165) is 64.0 Å². The number of anilines is 1. The van der Waals surface area contributed by atoms with Crippen LogP contribution in [0.1, 0.15) is 54.0 Å². The van der Waals surface area contributed by atoms with Crippen molar-refractivity contribution < 1.29 is 4.42 Å². The lowest BCUT2D eigenvalue weighted by Crippen LogP contribution is -2.35. The van der Waals surface area contributed by atoms with Crippen LogP contribution in [0.3, 0.4) is 0 Å². The Hall–Kier alpha value is -2.59. The highest BCUT2D eigenvalue weighted by molar-refractivity contribution is 7.99. The molecule has 1 N–H and O–H groups in total. The van der Waals surface area contributed by atoms with Crippen LogP contribution in [0.25, 0.3) is 10.2 Å². The van der Waals surface area contributed by atoms with Crippen LogP contribution in [0.2, 0.25) is 0 Å². The molecule has 1 aliphatic rings. The van der Waals surface area contributed by atoms with Crippen LogP contribution in [-0.4, -0.2) is 37.8 Å². The molecule has 0 amide bonds. The number of thiophene rings is 1. The van der Waals surface area contributed by atoms with Crippen LogP contribution < -0.4 is 10.5 Å². The molecule has 0 aromatic carbocycles. The van der Waals surface area contributed by atoms with Gasteiger partial charge < -0.3 is 14.3 Å². The van der Waals surface area contributed by atoms with Gasteiger partial charge in [0.05, 0.1) is 23.4 Å². The maximum Gasteiger partial charge on any atom is 0.259 e. The number of aromatic nitrogens is 5. The standard InChI is InChI=1S/C23H28N6O2S2/c1-13-7-9-28(10-8-13)22-26-27-23(29(22)12-17-6-5-11-31-17)33-16(4)19-24-20(30)18-14(2)15(3)32-21(18)25-19/h5-6,11,13,16H,7-10,12H2,1-4H3,(H,24,25,30). The molecule has 174 valence electrons. The molecule has 0 aliphatic carbocycles. The van der Waals surface area contributed by atoms with Gasteiger partial charge in [-0.05, 0) is 57.2 Å². The summed E-state index contributed by atoms with van der Waals surface area (Å²) in [4.78, 5) is 24.8. The number of nitrogens with one attached hydrogen (secondary N) is 1. The topological polar surface area (TPSA) is 92.8 Å². The summed E-state index contributed by atoms with van der Waals surface area (Å²) in [5.41, 5.74) is 0.929. The van der Waals surface area contributed by atoms with E-state index in [1.54, 1.807) is 29.4 Å². The fourth-order valence-corrected chi connectivity index (χ4v) is 6.12. The van der Waals surface area contributed by atoms with Gasteiger partial charge >= 0.3 is 0 Å². The zero-order chi connectivity index (χ0) is 23.1. The van der Waals surface area contributed by atoms with Crippen molar-refractivity contribution in [2.75, 3.05) is 18.0 Å². The number of hydrogen-bond acceptors (Lipinski definition) is 8. The van der Waals surface area contributed by atoms with E-state index in [4.69, 9.17) is 9.40 Å². The molecular weight excluding hydrogens is 456 g/mol. The van der Waals surface area contributed by atoms with Crippen LogP contribution in [-0.2, 0) is 6.54 Å². The van der Waals surface area contributed by atoms with Gasteiger partial charge in [0.2, 0.25) is 5.95 Å². The molecule has 1 aliphatic heterocycles. The smallest absolute Gasteiger partial charge is 0.259 e. The molecule has 4 aromatic heterocycles. The third kappa shape index (κ3) is 4.33. The van der Waals surface area contributed by atoms with Gasteiger partial charge in [-0.2, -0.15) is 0 Å². The van der Waals surface area contributed by atoms with Gasteiger partial charge in [-0.3, -0.25) is 9.36 Å². The molecule has 1 unspecified atom stereocenters. The predicted molar refractivity (Wildman–Crippen MR) is 132 cm³/mol. The summed E-state index contributed by atoms with van der Waals surface area (Å²) in [6, 6.07) is 3.86. The largest absolute Gasteiger partial charge is 0.467 e. The maximum atomic E-state index is 12.8. The van der Waals surface area contributed by atoms with E-state index in [1.807, 2.05) is 32.9 Å². The quantitative estimate of drug-likeness (QED) is 0.388. The minimum atomic E-state index is -0.0985. The average Bonchev–Trinajstić information content (AvgIpc) is 3.50. The van der Waals surface area contributed by atoms with E-state index >= 15 is 0 Å². The lowest BCUT2D eigenvalue weighted by atomic mass is 10.00. The third-order valence-corrected chi connectivity index (χ3v) is 8.57. The summed E-state index contributed by atoms with van der Waals surface area (Å²) < 4.78 is 7.74. The van der Waals surface area contributed by atoms with Crippen molar-refractivity contribution in [2.45, 2.75) is 57.5 Å². The molecule has 8 nitrogen and oxygen atoms in total. The molecule has 0 bridgehead atoms. The van der Waals surface area contributed by atoms with Gasteiger partial charge in [0, 0.05) is 18.0 Å². The molecule has 1 fully saturated rings. The summed E-state index contributed by atoms with van der Waals surface area (Å²) in [6.45, 7) is 10.8. The van der Waals surface area contributed by atoms with Crippen molar-refractivity contribution in [3.8, 4) is 0 Å². The average molecular weight is 485 g/mol. The van der Waals surface area contributed by atoms with Crippen LogP contribution >= 0.6 is 23.1 Å². The van der Waals surface area contributed by atoms with Gasteiger partial charge in [0.1, 0.15) is 16.4 Å². The Morgan fingerprint density at radius 1 is 1.30 bits per heavy atom. The number of H-pyrrole nitrogens is 1. The SMILES string of the molecule is Cc1sc2nc(C(C)Sc3nnc(N4CCC(C)CC4)n3Cc3ccco3)[nH]c(=O)c2c1C. The van der Waals surface area contributed by atoms with Gasteiger partial charge in [-0.1, -0.05) is 18.7 Å². The number of nitrogens with zero attached hydrogens (tertiary/aromatic N) is 5.